The molecule has 28 heavy (non-hydrogen) atoms. The number of amides is 4. The minimum absolute atomic E-state index is 0.0957. The molecule has 0 bridgehead atoms. The van der Waals surface area contributed by atoms with Gasteiger partial charge in [0.1, 0.15) is 11.4 Å². The van der Waals surface area contributed by atoms with Crippen molar-refractivity contribution in [1.82, 2.24) is 10.2 Å². The molecule has 0 atom stereocenters. The van der Waals surface area contributed by atoms with E-state index in [1.54, 1.807) is 18.2 Å². The van der Waals surface area contributed by atoms with Crippen LogP contribution in [0.2, 0.25) is 0 Å². The zero-order chi connectivity index (χ0) is 20.3. The third kappa shape index (κ3) is 3.85. The fourth-order valence-electron chi connectivity index (χ4n) is 2.72. The van der Waals surface area contributed by atoms with E-state index < -0.39 is 23.7 Å². The van der Waals surface area contributed by atoms with Crippen LogP contribution in [-0.2, 0) is 16.1 Å². The molecule has 2 aromatic carbocycles. The first-order valence-electron chi connectivity index (χ1n) is 8.28. The van der Waals surface area contributed by atoms with Gasteiger partial charge in [-0.05, 0) is 41.5 Å². The number of halogens is 1. The summed E-state index contributed by atoms with van der Waals surface area (Å²) in [4.78, 5) is 37.9. The molecule has 3 rings (SSSR count). The molecule has 1 heterocycles. The van der Waals surface area contributed by atoms with Crippen LogP contribution in [0.25, 0.3) is 6.08 Å². The summed E-state index contributed by atoms with van der Waals surface area (Å²) in [5.74, 6) is -1.03. The molecule has 8 heteroatoms. The zero-order valence-corrected chi connectivity index (χ0v) is 15.2. The summed E-state index contributed by atoms with van der Waals surface area (Å²) in [6.45, 7) is -0.0957. The van der Waals surface area contributed by atoms with Crippen molar-refractivity contribution in [2.24, 2.45) is 0 Å². The second-order valence-electron chi connectivity index (χ2n) is 5.95. The normalized spacial score (nSPS) is 15.6. The number of carbonyl (C=O) groups excluding carboxylic acids is 3. The number of barbiturate groups is 1. The van der Waals surface area contributed by atoms with Crippen LogP contribution in [-0.4, -0.2) is 37.0 Å². The third-order valence-electron chi connectivity index (χ3n) is 4.16. The van der Waals surface area contributed by atoms with Gasteiger partial charge in [-0.15, -0.1) is 0 Å². The maximum Gasteiger partial charge on any atom is 0.331 e. The summed E-state index contributed by atoms with van der Waals surface area (Å²) >= 11 is 0. The molecule has 1 aliphatic heterocycles. The Kier molecular flexibility index (Phi) is 5.39. The van der Waals surface area contributed by atoms with Crippen molar-refractivity contribution in [3.8, 4) is 11.5 Å². The zero-order valence-electron chi connectivity index (χ0n) is 15.2. The Labute approximate surface area is 160 Å². The lowest BCUT2D eigenvalue weighted by molar-refractivity contribution is -0.130. The number of urea groups is 1. The van der Waals surface area contributed by atoms with Crippen LogP contribution in [0.1, 0.15) is 11.1 Å². The van der Waals surface area contributed by atoms with Crippen molar-refractivity contribution in [3.63, 3.8) is 0 Å². The van der Waals surface area contributed by atoms with Crippen molar-refractivity contribution in [2.75, 3.05) is 14.2 Å². The van der Waals surface area contributed by atoms with Gasteiger partial charge >= 0.3 is 6.03 Å². The number of nitrogens with zero attached hydrogens (tertiary/aromatic N) is 1. The van der Waals surface area contributed by atoms with E-state index in [0.29, 0.717) is 22.6 Å². The molecule has 0 spiro atoms. The van der Waals surface area contributed by atoms with Gasteiger partial charge in [0.05, 0.1) is 20.8 Å². The van der Waals surface area contributed by atoms with Crippen LogP contribution < -0.4 is 14.8 Å². The van der Waals surface area contributed by atoms with Crippen LogP contribution in [0.3, 0.4) is 0 Å². The number of imide groups is 2. The SMILES string of the molecule is COc1ccc(/C=C2\C(=O)NC(=O)N(Cc3ccc(F)cc3)C2=O)cc1OC. The van der Waals surface area contributed by atoms with Crippen molar-refractivity contribution >= 4 is 23.9 Å². The standard InChI is InChI=1S/C20H17FN2O5/c1-27-16-8-5-13(10-17(16)28-2)9-15-18(24)22-20(26)23(19(15)25)11-12-3-6-14(21)7-4-12/h3-10H,11H2,1-2H3,(H,22,24,26)/b15-9+. The van der Waals surface area contributed by atoms with Crippen molar-refractivity contribution in [3.05, 3.63) is 65.0 Å². The molecule has 144 valence electrons. The summed E-state index contributed by atoms with van der Waals surface area (Å²) in [7, 11) is 2.96. The Morgan fingerprint density at radius 3 is 2.32 bits per heavy atom. The van der Waals surface area contributed by atoms with Crippen LogP contribution in [0.15, 0.2) is 48.0 Å². The molecular weight excluding hydrogens is 367 g/mol. The summed E-state index contributed by atoms with van der Waals surface area (Å²) < 4.78 is 23.4. The Balaban J connectivity index is 1.91. The van der Waals surface area contributed by atoms with E-state index in [0.717, 1.165) is 4.90 Å². The van der Waals surface area contributed by atoms with Gasteiger partial charge in [-0.3, -0.25) is 19.8 Å². The van der Waals surface area contributed by atoms with Gasteiger partial charge in [-0.25, -0.2) is 9.18 Å². The van der Waals surface area contributed by atoms with Crippen LogP contribution in [0.5, 0.6) is 11.5 Å². The van der Waals surface area contributed by atoms with Gasteiger partial charge in [0, 0.05) is 0 Å². The second-order valence-corrected chi connectivity index (χ2v) is 5.95. The number of benzene rings is 2. The third-order valence-corrected chi connectivity index (χ3v) is 4.16. The quantitative estimate of drug-likeness (QED) is 0.633. The Hall–Kier alpha value is -3.68. The number of carbonyl (C=O) groups is 3. The first-order valence-corrected chi connectivity index (χ1v) is 8.28. The van der Waals surface area contributed by atoms with Gasteiger partial charge in [-0.2, -0.15) is 0 Å². The summed E-state index contributed by atoms with van der Waals surface area (Å²) in [6, 6.07) is 9.44. The van der Waals surface area contributed by atoms with E-state index in [1.807, 2.05) is 0 Å². The van der Waals surface area contributed by atoms with E-state index in [9.17, 15) is 18.8 Å². The van der Waals surface area contributed by atoms with Gasteiger partial charge in [-0.1, -0.05) is 18.2 Å². The maximum absolute atomic E-state index is 13.1. The molecule has 0 aliphatic carbocycles. The number of nitrogens with one attached hydrogen (secondary N) is 1. The topological polar surface area (TPSA) is 84.9 Å². The lowest BCUT2D eigenvalue weighted by Gasteiger charge is -2.26. The highest BCUT2D eigenvalue weighted by molar-refractivity contribution is 6.30. The number of ether oxygens (including phenoxy) is 2. The predicted molar refractivity (Wildman–Crippen MR) is 98.0 cm³/mol. The van der Waals surface area contributed by atoms with Crippen molar-refractivity contribution in [1.29, 1.82) is 0 Å². The first kappa shape index (κ1) is 19.1. The number of hydrogen-bond donors (Lipinski definition) is 1. The van der Waals surface area contributed by atoms with Crippen LogP contribution in [0, 0.1) is 5.82 Å². The molecule has 0 aromatic heterocycles. The summed E-state index contributed by atoms with van der Waals surface area (Å²) in [5, 5.41) is 2.14. The van der Waals surface area contributed by atoms with Crippen LogP contribution in [0.4, 0.5) is 9.18 Å². The molecule has 4 amide bonds. The average molecular weight is 384 g/mol. The summed E-state index contributed by atoms with van der Waals surface area (Å²) in [6.07, 6.45) is 1.36. The number of methoxy groups -OCH3 is 2. The molecule has 1 saturated heterocycles. The van der Waals surface area contributed by atoms with Crippen molar-refractivity contribution in [2.45, 2.75) is 6.54 Å². The fourth-order valence-corrected chi connectivity index (χ4v) is 2.72. The van der Waals surface area contributed by atoms with Gasteiger partial charge in [0.25, 0.3) is 11.8 Å². The number of rotatable bonds is 5. The van der Waals surface area contributed by atoms with Crippen molar-refractivity contribution < 1.29 is 28.2 Å². The second kappa shape index (κ2) is 7.91. The Morgan fingerprint density at radius 1 is 1.00 bits per heavy atom. The largest absolute Gasteiger partial charge is 0.493 e. The minimum Gasteiger partial charge on any atom is -0.493 e. The highest BCUT2D eigenvalue weighted by Crippen LogP contribution is 2.29. The molecule has 0 radical (unpaired) electrons. The van der Waals surface area contributed by atoms with E-state index in [-0.39, 0.29) is 12.1 Å². The number of hydrogen-bond acceptors (Lipinski definition) is 5. The smallest absolute Gasteiger partial charge is 0.331 e. The minimum atomic E-state index is -0.830. The summed E-state index contributed by atoms with van der Waals surface area (Å²) in [5.41, 5.74) is 0.867. The van der Waals surface area contributed by atoms with E-state index in [4.69, 9.17) is 9.47 Å². The molecule has 2 aromatic rings. The van der Waals surface area contributed by atoms with E-state index in [2.05, 4.69) is 5.32 Å². The maximum atomic E-state index is 13.1. The fraction of sp³-hybridized carbons (Fsp3) is 0.150. The van der Waals surface area contributed by atoms with Gasteiger partial charge < -0.3 is 9.47 Å². The molecule has 1 fully saturated rings. The lowest BCUT2D eigenvalue weighted by Crippen LogP contribution is -2.53. The highest BCUT2D eigenvalue weighted by atomic mass is 19.1. The van der Waals surface area contributed by atoms with Gasteiger partial charge in [0.2, 0.25) is 0 Å². The Bertz CT molecular complexity index is 969. The van der Waals surface area contributed by atoms with Crippen LogP contribution >= 0.6 is 0 Å². The van der Waals surface area contributed by atoms with E-state index in [1.165, 1.54) is 44.6 Å². The molecule has 1 N–H and O–H groups in total. The first-order chi connectivity index (χ1) is 13.4. The van der Waals surface area contributed by atoms with E-state index >= 15 is 0 Å². The molecular formula is C20H17FN2O5. The molecule has 0 saturated carbocycles. The lowest BCUT2D eigenvalue weighted by atomic mass is 10.1. The molecule has 0 unspecified atom stereocenters. The monoisotopic (exact) mass is 384 g/mol. The predicted octanol–water partition coefficient (Wildman–Crippen LogP) is 2.50. The molecule has 7 nitrogen and oxygen atoms in total. The molecule has 1 aliphatic rings. The average Bonchev–Trinajstić information content (AvgIpc) is 2.69. The highest BCUT2D eigenvalue weighted by Gasteiger charge is 2.35. The van der Waals surface area contributed by atoms with Gasteiger partial charge in [0.15, 0.2) is 11.5 Å². The Morgan fingerprint density at radius 2 is 1.68 bits per heavy atom.